The van der Waals surface area contributed by atoms with Gasteiger partial charge in [-0.3, -0.25) is 0 Å². The summed E-state index contributed by atoms with van der Waals surface area (Å²) in [5.41, 5.74) is 4.16. The quantitative estimate of drug-likeness (QED) is 0.639. The summed E-state index contributed by atoms with van der Waals surface area (Å²) in [6.07, 6.45) is 0. The van der Waals surface area contributed by atoms with Crippen molar-refractivity contribution >= 4 is 29.2 Å². The van der Waals surface area contributed by atoms with Crippen LogP contribution in [0.15, 0.2) is 42.5 Å². The number of aryl methyl sites for hydroxylation is 2. The van der Waals surface area contributed by atoms with Gasteiger partial charge in [-0.05, 0) is 49.2 Å². The van der Waals surface area contributed by atoms with Crippen LogP contribution in [0.4, 0.5) is 29.2 Å². The maximum absolute atomic E-state index is 5.47. The molecule has 0 aliphatic carbocycles. The second-order valence-corrected chi connectivity index (χ2v) is 7.13. The van der Waals surface area contributed by atoms with E-state index in [1.54, 1.807) is 7.11 Å². The van der Waals surface area contributed by atoms with E-state index in [-0.39, 0.29) is 0 Å². The molecule has 0 unspecified atom stereocenters. The van der Waals surface area contributed by atoms with Crippen LogP contribution in [-0.4, -0.2) is 48.4 Å². The van der Waals surface area contributed by atoms with E-state index < -0.39 is 0 Å². The summed E-state index contributed by atoms with van der Waals surface area (Å²) in [5.74, 6) is 2.25. The highest BCUT2D eigenvalue weighted by molar-refractivity contribution is 5.64. The van der Waals surface area contributed by atoms with Gasteiger partial charge in [-0.15, -0.1) is 0 Å². The number of nitrogens with zero attached hydrogens (tertiary/aromatic N) is 4. The van der Waals surface area contributed by atoms with E-state index >= 15 is 0 Å². The average molecular weight is 406 g/mol. The lowest BCUT2D eigenvalue weighted by Crippen LogP contribution is -2.37. The molecule has 0 spiro atoms. The summed E-state index contributed by atoms with van der Waals surface area (Å²) in [6.45, 7) is 6.96. The van der Waals surface area contributed by atoms with Crippen LogP contribution in [0.1, 0.15) is 11.1 Å². The van der Waals surface area contributed by atoms with Gasteiger partial charge in [0.05, 0.1) is 26.0 Å². The van der Waals surface area contributed by atoms with Crippen LogP contribution in [0, 0.1) is 13.8 Å². The SMILES string of the molecule is COc1ccccc1Nc1nc(Nc2ccc(C)c(C)c2)nc(N2CCOCC2)n1. The Balaban J connectivity index is 1.67. The highest BCUT2D eigenvalue weighted by atomic mass is 16.5. The average Bonchev–Trinajstić information content (AvgIpc) is 2.77. The topological polar surface area (TPSA) is 84.4 Å². The van der Waals surface area contributed by atoms with Crippen molar-refractivity contribution in [3.8, 4) is 5.75 Å². The normalized spacial score (nSPS) is 13.8. The predicted octanol–water partition coefficient (Wildman–Crippen LogP) is 3.82. The Bertz CT molecular complexity index is 1020. The number of para-hydroxylation sites is 2. The number of nitrogens with one attached hydrogen (secondary N) is 2. The monoisotopic (exact) mass is 406 g/mol. The highest BCUT2D eigenvalue weighted by Crippen LogP contribution is 2.27. The van der Waals surface area contributed by atoms with Crippen LogP contribution in [-0.2, 0) is 4.74 Å². The van der Waals surface area contributed by atoms with Gasteiger partial charge in [0, 0.05) is 18.8 Å². The zero-order chi connectivity index (χ0) is 20.9. The summed E-state index contributed by atoms with van der Waals surface area (Å²) >= 11 is 0. The van der Waals surface area contributed by atoms with Gasteiger partial charge >= 0.3 is 0 Å². The molecule has 8 heteroatoms. The van der Waals surface area contributed by atoms with Gasteiger partial charge in [0.1, 0.15) is 5.75 Å². The minimum absolute atomic E-state index is 0.447. The van der Waals surface area contributed by atoms with Gasteiger partial charge in [-0.2, -0.15) is 15.0 Å². The standard InChI is InChI=1S/C22H26N6O2/c1-15-8-9-17(14-16(15)2)23-20-25-21(24-18-6-4-5-7-19(18)29-3)27-22(26-20)28-10-12-30-13-11-28/h4-9,14H,10-13H2,1-3H3,(H2,23,24,25,26,27). The van der Waals surface area contributed by atoms with Crippen LogP contribution in [0.5, 0.6) is 5.75 Å². The van der Waals surface area contributed by atoms with Crippen LogP contribution in [0.2, 0.25) is 0 Å². The lowest BCUT2D eigenvalue weighted by Gasteiger charge is -2.27. The fraction of sp³-hybridized carbons (Fsp3) is 0.318. The molecule has 1 aliphatic heterocycles. The molecule has 0 saturated carbocycles. The Morgan fingerprint density at radius 3 is 2.37 bits per heavy atom. The van der Waals surface area contributed by atoms with Crippen molar-refractivity contribution in [3.05, 3.63) is 53.6 Å². The maximum Gasteiger partial charge on any atom is 0.233 e. The number of hydrogen-bond donors (Lipinski definition) is 2. The van der Waals surface area contributed by atoms with E-state index in [2.05, 4.69) is 56.5 Å². The number of aromatic nitrogens is 3. The summed E-state index contributed by atoms with van der Waals surface area (Å²) in [4.78, 5) is 16.0. The lowest BCUT2D eigenvalue weighted by atomic mass is 10.1. The minimum atomic E-state index is 0.447. The van der Waals surface area contributed by atoms with Crippen LogP contribution < -0.4 is 20.3 Å². The van der Waals surface area contributed by atoms with Crippen molar-refractivity contribution in [2.75, 3.05) is 48.9 Å². The number of morpholine rings is 1. The predicted molar refractivity (Wildman–Crippen MR) is 118 cm³/mol. The Morgan fingerprint density at radius 2 is 1.63 bits per heavy atom. The summed E-state index contributed by atoms with van der Waals surface area (Å²) < 4.78 is 10.9. The smallest absolute Gasteiger partial charge is 0.233 e. The molecular formula is C22H26N6O2. The molecule has 4 rings (SSSR count). The summed E-state index contributed by atoms with van der Waals surface area (Å²) in [6, 6.07) is 13.9. The third kappa shape index (κ3) is 4.60. The van der Waals surface area contributed by atoms with Crippen LogP contribution in [0.25, 0.3) is 0 Å². The fourth-order valence-electron chi connectivity index (χ4n) is 3.20. The molecule has 0 radical (unpaired) electrons. The number of methoxy groups -OCH3 is 1. The van der Waals surface area contributed by atoms with E-state index in [0.29, 0.717) is 31.1 Å². The molecule has 1 aromatic heterocycles. The van der Waals surface area contributed by atoms with Gasteiger partial charge in [-0.25, -0.2) is 0 Å². The van der Waals surface area contributed by atoms with Crippen molar-refractivity contribution in [1.82, 2.24) is 15.0 Å². The fourth-order valence-corrected chi connectivity index (χ4v) is 3.20. The van der Waals surface area contributed by atoms with Crippen LogP contribution in [0.3, 0.4) is 0 Å². The van der Waals surface area contributed by atoms with E-state index in [1.165, 1.54) is 11.1 Å². The zero-order valence-corrected chi connectivity index (χ0v) is 17.5. The first kappa shape index (κ1) is 19.9. The molecule has 2 heterocycles. The molecule has 8 nitrogen and oxygen atoms in total. The lowest BCUT2D eigenvalue weighted by molar-refractivity contribution is 0.122. The number of anilines is 5. The van der Waals surface area contributed by atoms with E-state index in [1.807, 2.05) is 30.3 Å². The molecule has 30 heavy (non-hydrogen) atoms. The van der Waals surface area contributed by atoms with E-state index in [4.69, 9.17) is 9.47 Å². The first-order valence-electron chi connectivity index (χ1n) is 9.95. The van der Waals surface area contributed by atoms with Crippen molar-refractivity contribution in [2.45, 2.75) is 13.8 Å². The highest BCUT2D eigenvalue weighted by Gasteiger charge is 2.17. The Labute approximate surface area is 176 Å². The van der Waals surface area contributed by atoms with Crippen molar-refractivity contribution in [3.63, 3.8) is 0 Å². The number of hydrogen-bond acceptors (Lipinski definition) is 8. The molecule has 0 bridgehead atoms. The second kappa shape index (κ2) is 8.96. The van der Waals surface area contributed by atoms with E-state index in [9.17, 15) is 0 Å². The molecule has 2 N–H and O–H groups in total. The molecular weight excluding hydrogens is 380 g/mol. The maximum atomic E-state index is 5.47. The van der Waals surface area contributed by atoms with Gasteiger partial charge in [0.2, 0.25) is 17.8 Å². The molecule has 1 fully saturated rings. The second-order valence-electron chi connectivity index (χ2n) is 7.13. The minimum Gasteiger partial charge on any atom is -0.495 e. The van der Waals surface area contributed by atoms with E-state index in [0.717, 1.165) is 30.2 Å². The molecule has 1 aliphatic rings. The zero-order valence-electron chi connectivity index (χ0n) is 17.5. The van der Waals surface area contributed by atoms with Gasteiger partial charge in [0.25, 0.3) is 0 Å². The number of benzene rings is 2. The molecule has 1 saturated heterocycles. The van der Waals surface area contributed by atoms with Gasteiger partial charge < -0.3 is 25.0 Å². The Kier molecular flexibility index (Phi) is 5.94. The Hall–Kier alpha value is -3.39. The van der Waals surface area contributed by atoms with Crippen molar-refractivity contribution in [2.24, 2.45) is 0 Å². The summed E-state index contributed by atoms with van der Waals surface area (Å²) in [7, 11) is 1.64. The number of ether oxygens (including phenoxy) is 2. The van der Waals surface area contributed by atoms with Gasteiger partial charge in [-0.1, -0.05) is 18.2 Å². The Morgan fingerprint density at radius 1 is 0.900 bits per heavy atom. The summed E-state index contributed by atoms with van der Waals surface area (Å²) in [5, 5.41) is 6.58. The number of rotatable bonds is 6. The van der Waals surface area contributed by atoms with Crippen molar-refractivity contribution < 1.29 is 9.47 Å². The first-order valence-corrected chi connectivity index (χ1v) is 9.95. The molecule has 0 amide bonds. The molecule has 2 aromatic carbocycles. The first-order chi connectivity index (χ1) is 14.6. The largest absolute Gasteiger partial charge is 0.495 e. The van der Waals surface area contributed by atoms with Gasteiger partial charge in [0.15, 0.2) is 0 Å². The molecule has 156 valence electrons. The molecule has 0 atom stereocenters. The van der Waals surface area contributed by atoms with Crippen molar-refractivity contribution in [1.29, 1.82) is 0 Å². The third-order valence-electron chi connectivity index (χ3n) is 5.03. The van der Waals surface area contributed by atoms with Crippen LogP contribution >= 0.6 is 0 Å². The third-order valence-corrected chi connectivity index (χ3v) is 5.03. The molecule has 3 aromatic rings.